The smallest absolute Gasteiger partial charge is 0.0209 e. The van der Waals surface area contributed by atoms with Gasteiger partial charge in [-0.2, -0.15) is 0 Å². The van der Waals surface area contributed by atoms with Gasteiger partial charge in [-0.05, 0) is 68.7 Å². The first kappa shape index (κ1) is 20.7. The number of hydrogen-bond acceptors (Lipinski definition) is 0. The van der Waals surface area contributed by atoms with Crippen molar-refractivity contribution in [2.75, 3.05) is 0 Å². The summed E-state index contributed by atoms with van der Waals surface area (Å²) in [5.74, 6) is 0. The van der Waals surface area contributed by atoms with Crippen LogP contribution in [0.2, 0.25) is 0 Å². The summed E-state index contributed by atoms with van der Waals surface area (Å²) in [5.41, 5.74) is 8.44. The molecule has 0 aliphatic heterocycles. The molecule has 0 heteroatoms. The first-order chi connectivity index (χ1) is 10.5. The zero-order valence-electron chi connectivity index (χ0n) is 16.0. The van der Waals surface area contributed by atoms with Crippen LogP contribution in [0, 0.1) is 0 Å². The second-order valence-corrected chi connectivity index (χ2v) is 5.97. The standard InChI is InChI=1S/C22H36/c1-9-14-19(12-4)16-20(15-10-2)21(13-5)22(17(6)7)18(8)11-3/h9,14,16H,6,10-13,15H2,1-5,7-8H3/b14-9+,19-16-,21-20+,22-18+. The molecule has 0 aliphatic rings. The summed E-state index contributed by atoms with van der Waals surface area (Å²) in [4.78, 5) is 0. The van der Waals surface area contributed by atoms with Gasteiger partial charge in [0, 0.05) is 0 Å². The maximum Gasteiger partial charge on any atom is -0.0209 e. The first-order valence-electron chi connectivity index (χ1n) is 8.87. The normalized spacial score (nSPS) is 15.0. The van der Waals surface area contributed by atoms with Gasteiger partial charge in [0.15, 0.2) is 0 Å². The molecule has 22 heavy (non-hydrogen) atoms. The van der Waals surface area contributed by atoms with Gasteiger partial charge in [-0.15, -0.1) is 0 Å². The summed E-state index contributed by atoms with van der Waals surface area (Å²) in [5, 5.41) is 0. The summed E-state index contributed by atoms with van der Waals surface area (Å²) in [6, 6.07) is 0. The van der Waals surface area contributed by atoms with E-state index in [1.54, 1.807) is 0 Å². The van der Waals surface area contributed by atoms with E-state index in [9.17, 15) is 0 Å². The van der Waals surface area contributed by atoms with Gasteiger partial charge in [0.2, 0.25) is 0 Å². The average molecular weight is 301 g/mol. The molecule has 0 atom stereocenters. The molecular weight excluding hydrogens is 264 g/mol. The predicted octanol–water partition coefficient (Wildman–Crippen LogP) is 7.71. The topological polar surface area (TPSA) is 0 Å². The maximum atomic E-state index is 4.24. The molecule has 124 valence electrons. The zero-order valence-corrected chi connectivity index (χ0v) is 16.0. The van der Waals surface area contributed by atoms with Crippen LogP contribution in [0.1, 0.15) is 80.6 Å². The fourth-order valence-electron chi connectivity index (χ4n) is 2.91. The van der Waals surface area contributed by atoms with E-state index in [1.807, 2.05) is 0 Å². The molecule has 0 N–H and O–H groups in total. The molecule has 0 heterocycles. The Morgan fingerprint density at radius 1 is 0.955 bits per heavy atom. The lowest BCUT2D eigenvalue weighted by Gasteiger charge is -2.19. The van der Waals surface area contributed by atoms with Crippen LogP contribution >= 0.6 is 0 Å². The van der Waals surface area contributed by atoms with Crippen LogP contribution in [-0.4, -0.2) is 0 Å². The molecule has 0 nitrogen and oxygen atoms in total. The fourth-order valence-corrected chi connectivity index (χ4v) is 2.91. The van der Waals surface area contributed by atoms with Crippen LogP contribution in [0.5, 0.6) is 0 Å². The fraction of sp³-hybridized carbons (Fsp3) is 0.545. The molecule has 0 aromatic heterocycles. The van der Waals surface area contributed by atoms with E-state index in [2.05, 4.69) is 73.3 Å². The second kappa shape index (κ2) is 11.3. The highest BCUT2D eigenvalue weighted by Crippen LogP contribution is 2.31. The minimum Gasteiger partial charge on any atom is -0.0955 e. The Bertz CT molecular complexity index is 478. The molecule has 0 aliphatic carbocycles. The first-order valence-corrected chi connectivity index (χ1v) is 8.87. The molecule has 0 rings (SSSR count). The Morgan fingerprint density at radius 3 is 1.95 bits per heavy atom. The summed E-state index contributed by atoms with van der Waals surface area (Å²) in [7, 11) is 0. The van der Waals surface area contributed by atoms with E-state index in [0.29, 0.717) is 0 Å². The van der Waals surface area contributed by atoms with Crippen molar-refractivity contribution in [2.24, 2.45) is 0 Å². The molecule has 0 saturated carbocycles. The van der Waals surface area contributed by atoms with E-state index < -0.39 is 0 Å². The van der Waals surface area contributed by atoms with Gasteiger partial charge in [0.05, 0.1) is 0 Å². The highest BCUT2D eigenvalue weighted by Gasteiger charge is 2.12. The maximum absolute atomic E-state index is 4.24. The van der Waals surface area contributed by atoms with Crippen LogP contribution in [0.25, 0.3) is 0 Å². The lowest BCUT2D eigenvalue weighted by molar-refractivity contribution is 0.892. The van der Waals surface area contributed by atoms with Crippen molar-refractivity contribution in [2.45, 2.75) is 80.6 Å². The third kappa shape index (κ3) is 6.22. The third-order valence-corrected chi connectivity index (χ3v) is 4.09. The monoisotopic (exact) mass is 300 g/mol. The van der Waals surface area contributed by atoms with Crippen molar-refractivity contribution < 1.29 is 0 Å². The van der Waals surface area contributed by atoms with Crippen LogP contribution in [-0.2, 0) is 0 Å². The predicted molar refractivity (Wildman–Crippen MR) is 103 cm³/mol. The summed E-state index contributed by atoms with van der Waals surface area (Å²) >= 11 is 0. The largest absolute Gasteiger partial charge is 0.0955 e. The van der Waals surface area contributed by atoms with E-state index in [4.69, 9.17) is 0 Å². The van der Waals surface area contributed by atoms with E-state index in [-0.39, 0.29) is 0 Å². The summed E-state index contributed by atoms with van der Waals surface area (Å²) in [6.45, 7) is 19.7. The van der Waals surface area contributed by atoms with E-state index >= 15 is 0 Å². The van der Waals surface area contributed by atoms with Gasteiger partial charge in [0.1, 0.15) is 0 Å². The Kier molecular flexibility index (Phi) is 10.6. The van der Waals surface area contributed by atoms with Gasteiger partial charge >= 0.3 is 0 Å². The number of hydrogen-bond donors (Lipinski definition) is 0. The molecule has 0 aromatic rings. The van der Waals surface area contributed by atoms with Crippen molar-refractivity contribution in [3.05, 3.63) is 58.2 Å². The summed E-state index contributed by atoms with van der Waals surface area (Å²) in [6.07, 6.45) is 12.3. The average Bonchev–Trinajstić information content (AvgIpc) is 2.50. The van der Waals surface area contributed by atoms with Gasteiger partial charge < -0.3 is 0 Å². The Morgan fingerprint density at radius 2 is 1.59 bits per heavy atom. The molecule has 0 spiro atoms. The van der Waals surface area contributed by atoms with Crippen LogP contribution in [0.3, 0.4) is 0 Å². The van der Waals surface area contributed by atoms with E-state index in [0.717, 1.165) is 25.7 Å². The van der Waals surface area contributed by atoms with Gasteiger partial charge in [-0.1, -0.05) is 70.1 Å². The number of allylic oxidation sites excluding steroid dienone is 9. The van der Waals surface area contributed by atoms with Crippen molar-refractivity contribution in [1.29, 1.82) is 0 Å². The van der Waals surface area contributed by atoms with Crippen LogP contribution < -0.4 is 0 Å². The van der Waals surface area contributed by atoms with Crippen molar-refractivity contribution in [1.82, 2.24) is 0 Å². The Hall–Kier alpha value is -1.30. The molecule has 0 aromatic carbocycles. The van der Waals surface area contributed by atoms with Crippen molar-refractivity contribution in [3.8, 4) is 0 Å². The van der Waals surface area contributed by atoms with Crippen LogP contribution in [0.15, 0.2) is 58.2 Å². The Labute approximate surface area is 139 Å². The highest BCUT2D eigenvalue weighted by molar-refractivity contribution is 5.52. The minimum absolute atomic E-state index is 1.07. The van der Waals surface area contributed by atoms with Crippen LogP contribution in [0.4, 0.5) is 0 Å². The molecule has 0 radical (unpaired) electrons. The quantitative estimate of drug-likeness (QED) is 0.382. The Balaban J connectivity index is 6.29. The molecule has 0 saturated heterocycles. The second-order valence-electron chi connectivity index (χ2n) is 5.97. The highest BCUT2D eigenvalue weighted by atomic mass is 14.2. The zero-order chi connectivity index (χ0) is 17.1. The molecular formula is C22H36. The third-order valence-electron chi connectivity index (χ3n) is 4.09. The van der Waals surface area contributed by atoms with Crippen molar-refractivity contribution in [3.63, 3.8) is 0 Å². The van der Waals surface area contributed by atoms with Gasteiger partial charge in [-0.3, -0.25) is 0 Å². The minimum atomic E-state index is 1.07. The molecule has 0 bridgehead atoms. The van der Waals surface area contributed by atoms with Crippen molar-refractivity contribution >= 4 is 0 Å². The molecule has 0 fully saturated rings. The molecule has 0 amide bonds. The summed E-state index contributed by atoms with van der Waals surface area (Å²) < 4.78 is 0. The number of rotatable bonds is 9. The molecule has 0 unspecified atom stereocenters. The van der Waals surface area contributed by atoms with E-state index in [1.165, 1.54) is 39.9 Å². The lowest BCUT2D eigenvalue weighted by atomic mass is 9.86. The van der Waals surface area contributed by atoms with Gasteiger partial charge in [-0.25, -0.2) is 0 Å². The SMILES string of the molecule is C=C(C)C(=C(/C)CC)/C(CC)=C(/C=C(\C=C\C)CC)CCC. The van der Waals surface area contributed by atoms with Gasteiger partial charge in [0.25, 0.3) is 0 Å². The lowest BCUT2D eigenvalue weighted by Crippen LogP contribution is -1.99.